The molecule has 0 saturated carbocycles. The maximum atomic E-state index is 11.3. The van der Waals surface area contributed by atoms with Gasteiger partial charge in [-0.25, -0.2) is 13.1 Å². The lowest BCUT2D eigenvalue weighted by Crippen LogP contribution is -2.31. The Hall–Kier alpha value is -0.0900. The predicted octanol–water partition coefficient (Wildman–Crippen LogP) is 1.75. The van der Waals surface area contributed by atoms with Gasteiger partial charge in [0.15, 0.2) is 0 Å². The first kappa shape index (κ1) is 12.9. The highest BCUT2D eigenvalue weighted by molar-refractivity contribution is 7.90. The van der Waals surface area contributed by atoms with Gasteiger partial charge in [0.25, 0.3) is 0 Å². The van der Waals surface area contributed by atoms with Crippen LogP contribution in [0.25, 0.3) is 0 Å². The van der Waals surface area contributed by atoms with Crippen LogP contribution in [0.4, 0.5) is 0 Å². The van der Waals surface area contributed by atoms with Crippen LogP contribution in [0.3, 0.4) is 0 Å². The average Bonchev–Trinajstić information content (AvgIpc) is 1.97. The highest BCUT2D eigenvalue weighted by Crippen LogP contribution is 2.03. The minimum absolute atomic E-state index is 0.327. The fraction of sp³-hybridized carbons (Fsp3) is 1.00. The van der Waals surface area contributed by atoms with Crippen LogP contribution < -0.4 is 4.72 Å². The molecule has 0 radical (unpaired) electrons. The van der Waals surface area contributed by atoms with Gasteiger partial charge in [-0.1, -0.05) is 13.8 Å². The van der Waals surface area contributed by atoms with Crippen LogP contribution in [-0.4, -0.2) is 20.2 Å². The fourth-order valence-electron chi connectivity index (χ4n) is 0.891. The second-order valence-corrected chi connectivity index (χ2v) is 6.35. The van der Waals surface area contributed by atoms with E-state index in [9.17, 15) is 8.42 Å². The first-order valence-corrected chi connectivity index (χ1v) is 6.39. The molecule has 4 heteroatoms. The van der Waals surface area contributed by atoms with Crippen molar-refractivity contribution in [3.05, 3.63) is 0 Å². The molecule has 0 saturated heterocycles. The molecule has 13 heavy (non-hydrogen) atoms. The summed E-state index contributed by atoms with van der Waals surface area (Å²) >= 11 is 0. The van der Waals surface area contributed by atoms with Crippen LogP contribution in [0, 0.1) is 5.92 Å². The third-order valence-electron chi connectivity index (χ3n) is 1.88. The molecule has 1 N–H and O–H groups in total. The van der Waals surface area contributed by atoms with Gasteiger partial charge in [-0.2, -0.15) is 0 Å². The van der Waals surface area contributed by atoms with Gasteiger partial charge in [-0.15, -0.1) is 0 Å². The Labute approximate surface area is 82.0 Å². The smallest absolute Gasteiger partial charge is 0.213 e. The van der Waals surface area contributed by atoms with Gasteiger partial charge in [0.1, 0.15) is 0 Å². The van der Waals surface area contributed by atoms with E-state index in [1.165, 1.54) is 0 Å². The maximum absolute atomic E-state index is 11.3. The minimum Gasteiger partial charge on any atom is -0.215 e. The summed E-state index contributed by atoms with van der Waals surface area (Å²) in [6, 6.07) is 0. The molecule has 0 bridgehead atoms. The molecule has 0 aliphatic heterocycles. The van der Waals surface area contributed by atoms with E-state index in [4.69, 9.17) is 0 Å². The van der Waals surface area contributed by atoms with Crippen molar-refractivity contribution in [3.8, 4) is 0 Å². The molecule has 0 spiro atoms. The Bertz CT molecular complexity index is 220. The molecule has 0 atom stereocenters. The van der Waals surface area contributed by atoms with Gasteiger partial charge < -0.3 is 0 Å². The molecule has 80 valence electrons. The summed E-state index contributed by atoms with van der Waals surface area (Å²) < 4.78 is 25.1. The first-order valence-electron chi connectivity index (χ1n) is 4.84. The van der Waals surface area contributed by atoms with E-state index in [2.05, 4.69) is 18.6 Å². The summed E-state index contributed by atoms with van der Waals surface area (Å²) in [6.07, 6.45) is 1.99. The molecular weight excluding hydrogens is 186 g/mol. The van der Waals surface area contributed by atoms with Crippen molar-refractivity contribution in [2.24, 2.45) is 5.92 Å². The van der Waals surface area contributed by atoms with Crippen LogP contribution in [0.1, 0.15) is 40.5 Å². The number of sulfonamides is 1. The SMILES string of the molecule is CC(C)CCCNS(=O)(=O)C(C)C. The second kappa shape index (κ2) is 5.60. The molecular formula is C9H21NO2S. The lowest BCUT2D eigenvalue weighted by molar-refractivity contribution is 0.536. The zero-order valence-electron chi connectivity index (χ0n) is 9.00. The van der Waals surface area contributed by atoms with E-state index in [-0.39, 0.29) is 5.25 Å². The first-order chi connectivity index (χ1) is 5.86. The van der Waals surface area contributed by atoms with E-state index in [0.717, 1.165) is 12.8 Å². The zero-order chi connectivity index (χ0) is 10.5. The van der Waals surface area contributed by atoms with Crippen LogP contribution >= 0.6 is 0 Å². The lowest BCUT2D eigenvalue weighted by Gasteiger charge is -2.09. The normalized spacial score (nSPS) is 12.8. The third-order valence-corrected chi connectivity index (χ3v) is 3.73. The van der Waals surface area contributed by atoms with E-state index >= 15 is 0 Å². The van der Waals surface area contributed by atoms with Crippen molar-refractivity contribution < 1.29 is 8.42 Å². The van der Waals surface area contributed by atoms with Crippen molar-refractivity contribution >= 4 is 10.0 Å². The molecule has 3 nitrogen and oxygen atoms in total. The van der Waals surface area contributed by atoms with Crippen molar-refractivity contribution in [1.82, 2.24) is 4.72 Å². The Kier molecular flexibility index (Phi) is 5.56. The number of rotatable bonds is 6. The van der Waals surface area contributed by atoms with E-state index in [0.29, 0.717) is 12.5 Å². The monoisotopic (exact) mass is 207 g/mol. The summed E-state index contributed by atoms with van der Waals surface area (Å²) in [5, 5.41) is -0.327. The number of nitrogens with one attached hydrogen (secondary N) is 1. The predicted molar refractivity (Wildman–Crippen MR) is 56.1 cm³/mol. The molecule has 0 aromatic carbocycles. The summed E-state index contributed by atoms with van der Waals surface area (Å²) in [5.74, 6) is 0.642. The molecule has 0 rings (SSSR count). The molecule has 0 aliphatic carbocycles. The van der Waals surface area contributed by atoms with E-state index in [1.54, 1.807) is 13.8 Å². The fourth-order valence-corrected chi connectivity index (χ4v) is 1.65. The quantitative estimate of drug-likeness (QED) is 0.674. The highest BCUT2D eigenvalue weighted by atomic mass is 32.2. The molecule has 0 fully saturated rings. The van der Waals surface area contributed by atoms with E-state index < -0.39 is 10.0 Å². The lowest BCUT2D eigenvalue weighted by atomic mass is 10.1. The zero-order valence-corrected chi connectivity index (χ0v) is 9.82. The van der Waals surface area contributed by atoms with Crippen molar-refractivity contribution in [3.63, 3.8) is 0 Å². The van der Waals surface area contributed by atoms with Crippen LogP contribution in [-0.2, 0) is 10.0 Å². The van der Waals surface area contributed by atoms with Gasteiger partial charge in [-0.05, 0) is 32.6 Å². The number of hydrogen-bond donors (Lipinski definition) is 1. The molecule has 0 aliphatic rings. The second-order valence-electron chi connectivity index (χ2n) is 4.02. The topological polar surface area (TPSA) is 46.2 Å². The average molecular weight is 207 g/mol. The standard InChI is InChI=1S/C9H21NO2S/c1-8(2)6-5-7-10-13(11,12)9(3)4/h8-10H,5-7H2,1-4H3. The van der Waals surface area contributed by atoms with Gasteiger partial charge >= 0.3 is 0 Å². The molecule has 0 heterocycles. The molecule has 0 amide bonds. The Balaban J connectivity index is 3.66. The van der Waals surface area contributed by atoms with Gasteiger partial charge in [0.2, 0.25) is 10.0 Å². The largest absolute Gasteiger partial charge is 0.215 e. The molecule has 0 aromatic heterocycles. The van der Waals surface area contributed by atoms with Crippen molar-refractivity contribution in [2.75, 3.05) is 6.54 Å². The van der Waals surface area contributed by atoms with Crippen molar-refractivity contribution in [2.45, 2.75) is 45.8 Å². The van der Waals surface area contributed by atoms with Gasteiger partial charge in [0.05, 0.1) is 5.25 Å². The number of hydrogen-bond acceptors (Lipinski definition) is 2. The third kappa shape index (κ3) is 6.05. The summed E-state index contributed by atoms with van der Waals surface area (Å²) in [4.78, 5) is 0. The highest BCUT2D eigenvalue weighted by Gasteiger charge is 2.13. The van der Waals surface area contributed by atoms with Crippen molar-refractivity contribution in [1.29, 1.82) is 0 Å². The summed E-state index contributed by atoms with van der Waals surface area (Å²) in [6.45, 7) is 8.21. The maximum Gasteiger partial charge on any atom is 0.213 e. The minimum atomic E-state index is -3.05. The van der Waals surface area contributed by atoms with Crippen LogP contribution in [0.2, 0.25) is 0 Å². The summed E-state index contributed by atoms with van der Waals surface area (Å²) in [5.41, 5.74) is 0. The van der Waals surface area contributed by atoms with Crippen LogP contribution in [0.5, 0.6) is 0 Å². The summed E-state index contributed by atoms with van der Waals surface area (Å²) in [7, 11) is -3.05. The Morgan fingerprint density at radius 1 is 1.15 bits per heavy atom. The van der Waals surface area contributed by atoms with E-state index in [1.807, 2.05) is 0 Å². The molecule has 0 unspecified atom stereocenters. The van der Waals surface area contributed by atoms with Gasteiger partial charge in [0, 0.05) is 6.54 Å². The Morgan fingerprint density at radius 2 is 1.69 bits per heavy atom. The Morgan fingerprint density at radius 3 is 2.08 bits per heavy atom. The molecule has 0 aromatic rings. The van der Waals surface area contributed by atoms with Gasteiger partial charge in [-0.3, -0.25) is 0 Å². The van der Waals surface area contributed by atoms with Crippen LogP contribution in [0.15, 0.2) is 0 Å².